The van der Waals surface area contributed by atoms with Crippen LogP contribution in [0.2, 0.25) is 0 Å². The summed E-state index contributed by atoms with van der Waals surface area (Å²) in [7, 11) is 0. The number of nitrogens with zero attached hydrogens (tertiary/aromatic N) is 3. The summed E-state index contributed by atoms with van der Waals surface area (Å²) in [5.74, 6) is 0. The van der Waals surface area contributed by atoms with E-state index in [2.05, 4.69) is 39.3 Å². The van der Waals surface area contributed by atoms with Gasteiger partial charge in [0.15, 0.2) is 0 Å². The van der Waals surface area contributed by atoms with Crippen molar-refractivity contribution in [3.8, 4) is 6.07 Å². The van der Waals surface area contributed by atoms with Crippen molar-refractivity contribution in [1.82, 2.24) is 9.13 Å². The molecule has 0 bridgehead atoms. The van der Waals surface area contributed by atoms with E-state index in [1.54, 1.807) is 6.08 Å². The quantitative estimate of drug-likeness (QED) is 0.612. The number of hydrogen-bond donors (Lipinski definition) is 0. The van der Waals surface area contributed by atoms with Crippen LogP contribution in [0.3, 0.4) is 0 Å². The van der Waals surface area contributed by atoms with Crippen molar-refractivity contribution in [1.29, 1.82) is 5.26 Å². The van der Waals surface area contributed by atoms with Gasteiger partial charge in [-0.25, -0.2) is 0 Å². The molecule has 4 heteroatoms. The molecule has 0 N–H and O–H groups in total. The number of hydrogen-bond acceptors (Lipinski definition) is 1. The van der Waals surface area contributed by atoms with Crippen LogP contribution in [0.4, 0.5) is 0 Å². The van der Waals surface area contributed by atoms with E-state index in [4.69, 9.17) is 5.26 Å². The van der Waals surface area contributed by atoms with Gasteiger partial charge in [0.05, 0.1) is 0 Å². The summed E-state index contributed by atoms with van der Waals surface area (Å²) in [6, 6.07) is 12.1. The van der Waals surface area contributed by atoms with E-state index in [0.717, 1.165) is 35.0 Å². The van der Waals surface area contributed by atoms with Gasteiger partial charge in [-0.05, 0) is 0 Å². The molecule has 20 heavy (non-hydrogen) atoms. The van der Waals surface area contributed by atoms with Gasteiger partial charge in [-0.15, -0.1) is 0 Å². The minimum atomic E-state index is 0.886. The zero-order chi connectivity index (χ0) is 14.4. The third kappa shape index (κ3) is 3.19. The maximum absolute atomic E-state index is 9.04. The Morgan fingerprint density at radius 3 is 2.70 bits per heavy atom. The molecular weight excluding hydrogens is 313 g/mol. The Balaban J connectivity index is 2.43. The fourth-order valence-electron chi connectivity index (χ4n) is 2.06. The van der Waals surface area contributed by atoms with Crippen molar-refractivity contribution in [2.75, 3.05) is 0 Å². The second-order valence-corrected chi connectivity index (χ2v) is 5.29. The third-order valence-corrected chi connectivity index (χ3v) is 4.04. The van der Waals surface area contributed by atoms with Crippen LogP contribution in [-0.2, 0) is 6.54 Å². The van der Waals surface area contributed by atoms with E-state index < -0.39 is 0 Å². The van der Waals surface area contributed by atoms with Gasteiger partial charge < -0.3 is 0 Å². The van der Waals surface area contributed by atoms with Crippen LogP contribution in [0.1, 0.15) is 25.3 Å². The summed E-state index contributed by atoms with van der Waals surface area (Å²) in [5, 5.41) is 9.04. The molecule has 0 spiro atoms. The molecule has 1 aromatic carbocycles. The van der Waals surface area contributed by atoms with Crippen LogP contribution < -0.4 is 0 Å². The number of rotatable bonds is 5. The first-order chi connectivity index (χ1) is 9.77. The number of aromatic nitrogens is 2. The summed E-state index contributed by atoms with van der Waals surface area (Å²) in [5.41, 5.74) is 1.92. The molecule has 1 aromatic heterocycles. The molecule has 0 aliphatic heterocycles. The number of allylic oxidation sites excluding steroid dienone is 1. The Hall–Kier alpha value is -1.82. The molecule has 0 saturated carbocycles. The summed E-state index contributed by atoms with van der Waals surface area (Å²) >= 11 is 3.11. The van der Waals surface area contributed by atoms with E-state index in [9.17, 15) is 0 Å². The molecule has 0 aliphatic rings. The van der Waals surface area contributed by atoms with Gasteiger partial charge in [0.25, 0.3) is 0 Å². The fraction of sp³-hybridized carbons (Fsp3) is 0.250. The average molecular weight is 330 g/mol. The normalized spacial score (nSPS) is 11.3. The topological polar surface area (TPSA) is 33.6 Å². The Morgan fingerprint density at radius 2 is 2.05 bits per heavy atom. The first-order valence-electron chi connectivity index (χ1n) is 6.71. The molecule has 0 radical (unpaired) electrons. The van der Waals surface area contributed by atoms with Crippen molar-refractivity contribution in [3.05, 3.63) is 58.7 Å². The fourth-order valence-corrected chi connectivity index (χ4v) is 2.71. The standard InChI is InChI=1S/C16H17N3Se/c1-2-3-11-18-12-13-19(16(18)20)15(9-10-17)14-7-5-4-6-8-14/h4-9,12-13H,2-3,11H2,1H3/b15-9-. The predicted octanol–water partition coefficient (Wildman–Crippen LogP) is 3.20. The molecule has 0 fully saturated rings. The SMILES string of the molecule is CCCCn1ccn(/C(=C\C#N)c2ccccc2)c1=[Se]. The number of nitriles is 1. The van der Waals surface area contributed by atoms with Gasteiger partial charge in [-0.1, -0.05) is 0 Å². The molecule has 0 atom stereocenters. The van der Waals surface area contributed by atoms with E-state index in [-0.39, 0.29) is 0 Å². The van der Waals surface area contributed by atoms with Crippen LogP contribution in [0.5, 0.6) is 0 Å². The molecule has 0 amide bonds. The first kappa shape index (κ1) is 14.6. The van der Waals surface area contributed by atoms with Crippen LogP contribution in [0.15, 0.2) is 48.8 Å². The van der Waals surface area contributed by atoms with Crippen molar-refractivity contribution in [3.63, 3.8) is 0 Å². The van der Waals surface area contributed by atoms with Crippen LogP contribution in [0, 0.1) is 15.7 Å². The summed E-state index contributed by atoms with van der Waals surface area (Å²) < 4.78 is 5.22. The number of imidazole rings is 1. The molecule has 0 unspecified atom stereocenters. The Bertz CT molecular complexity index is 687. The summed E-state index contributed by atoms with van der Waals surface area (Å²) in [6.07, 6.45) is 7.94. The van der Waals surface area contributed by atoms with Gasteiger partial charge in [0.1, 0.15) is 0 Å². The van der Waals surface area contributed by atoms with Crippen molar-refractivity contribution >= 4 is 21.3 Å². The zero-order valence-corrected chi connectivity index (χ0v) is 13.2. The van der Waals surface area contributed by atoms with Gasteiger partial charge in [0.2, 0.25) is 0 Å². The molecule has 0 saturated heterocycles. The number of unbranched alkanes of at least 4 members (excludes halogenated alkanes) is 1. The molecule has 1 heterocycles. The van der Waals surface area contributed by atoms with Crippen molar-refractivity contribution in [2.45, 2.75) is 26.3 Å². The van der Waals surface area contributed by atoms with Crippen molar-refractivity contribution in [2.24, 2.45) is 0 Å². The van der Waals surface area contributed by atoms with Gasteiger partial charge in [-0.2, -0.15) is 0 Å². The molecule has 102 valence electrons. The molecule has 3 nitrogen and oxygen atoms in total. The number of aryl methyl sites for hydroxylation is 1. The van der Waals surface area contributed by atoms with Gasteiger partial charge in [0, 0.05) is 0 Å². The van der Waals surface area contributed by atoms with Crippen LogP contribution >= 0.6 is 0 Å². The van der Waals surface area contributed by atoms with Crippen molar-refractivity contribution < 1.29 is 0 Å². The molecule has 0 aliphatic carbocycles. The minimum absolute atomic E-state index is 0.886. The molecule has 2 aromatic rings. The second kappa shape index (κ2) is 7.09. The van der Waals surface area contributed by atoms with E-state index >= 15 is 0 Å². The van der Waals surface area contributed by atoms with E-state index in [1.807, 2.05) is 41.1 Å². The van der Waals surface area contributed by atoms with E-state index in [0.29, 0.717) is 0 Å². The Kier molecular flexibility index (Phi) is 5.17. The Morgan fingerprint density at radius 1 is 1.30 bits per heavy atom. The third-order valence-electron chi connectivity index (χ3n) is 3.13. The van der Waals surface area contributed by atoms with Crippen LogP contribution in [-0.4, -0.2) is 24.7 Å². The van der Waals surface area contributed by atoms with Gasteiger partial charge in [-0.3, -0.25) is 0 Å². The average Bonchev–Trinajstić information content (AvgIpc) is 2.84. The maximum atomic E-state index is 9.04. The zero-order valence-electron chi connectivity index (χ0n) is 11.5. The Labute approximate surface area is 127 Å². The van der Waals surface area contributed by atoms with E-state index in [1.165, 1.54) is 0 Å². The summed E-state index contributed by atoms with van der Waals surface area (Å²) in [4.78, 5) is 0. The number of benzene rings is 1. The second-order valence-electron chi connectivity index (χ2n) is 4.52. The predicted molar refractivity (Wildman–Crippen MR) is 81.8 cm³/mol. The first-order valence-corrected chi connectivity index (χ1v) is 7.57. The van der Waals surface area contributed by atoms with Gasteiger partial charge >= 0.3 is 127 Å². The summed E-state index contributed by atoms with van der Waals surface area (Å²) in [6.45, 7) is 3.17. The van der Waals surface area contributed by atoms with Crippen LogP contribution in [0.25, 0.3) is 5.70 Å². The molecular formula is C16H17N3Se. The molecule has 2 rings (SSSR count). The monoisotopic (exact) mass is 331 g/mol.